The van der Waals surface area contributed by atoms with E-state index >= 15 is 0 Å². The standard InChI is InChI=1S/C22H21ClF2N4O2/c23-17-4-6-18(7-5-17)31-15-29-9-8-20(26-29)22(30)28-12-10-27(11-13-28)14-16-2-1-3-19(24)21(16)25/h1-9H,10-15H2. The fourth-order valence-electron chi connectivity index (χ4n) is 3.40. The van der Waals surface area contributed by atoms with Gasteiger partial charge in [-0.15, -0.1) is 0 Å². The predicted octanol–water partition coefficient (Wildman–Crippen LogP) is 3.81. The zero-order chi connectivity index (χ0) is 21.8. The lowest BCUT2D eigenvalue weighted by Crippen LogP contribution is -2.48. The van der Waals surface area contributed by atoms with Crippen molar-refractivity contribution in [1.29, 1.82) is 0 Å². The van der Waals surface area contributed by atoms with E-state index in [1.807, 2.05) is 4.90 Å². The lowest BCUT2D eigenvalue weighted by molar-refractivity contribution is 0.0619. The van der Waals surface area contributed by atoms with Gasteiger partial charge in [-0.25, -0.2) is 13.5 Å². The first-order valence-corrected chi connectivity index (χ1v) is 10.2. The van der Waals surface area contributed by atoms with E-state index in [4.69, 9.17) is 16.3 Å². The number of halogens is 3. The van der Waals surface area contributed by atoms with Gasteiger partial charge in [0.2, 0.25) is 0 Å². The molecule has 3 aromatic rings. The normalized spacial score (nSPS) is 14.6. The highest BCUT2D eigenvalue weighted by Crippen LogP contribution is 2.17. The number of hydrogen-bond acceptors (Lipinski definition) is 4. The fourth-order valence-corrected chi connectivity index (χ4v) is 3.53. The van der Waals surface area contributed by atoms with Gasteiger partial charge in [0.15, 0.2) is 24.1 Å². The molecule has 6 nitrogen and oxygen atoms in total. The highest BCUT2D eigenvalue weighted by molar-refractivity contribution is 6.30. The van der Waals surface area contributed by atoms with Gasteiger partial charge in [-0.1, -0.05) is 23.7 Å². The Morgan fingerprint density at radius 2 is 1.77 bits per heavy atom. The van der Waals surface area contributed by atoms with E-state index in [1.165, 1.54) is 6.07 Å². The lowest BCUT2D eigenvalue weighted by atomic mass is 10.1. The highest BCUT2D eigenvalue weighted by Gasteiger charge is 2.24. The Hall–Kier alpha value is -2.97. The van der Waals surface area contributed by atoms with E-state index in [1.54, 1.807) is 52.2 Å². The van der Waals surface area contributed by atoms with Crippen LogP contribution in [-0.2, 0) is 13.3 Å². The summed E-state index contributed by atoms with van der Waals surface area (Å²) in [6.07, 6.45) is 1.69. The van der Waals surface area contributed by atoms with Crippen LogP contribution in [0.5, 0.6) is 5.75 Å². The molecule has 162 valence electrons. The molecule has 1 aromatic heterocycles. The number of aromatic nitrogens is 2. The third-order valence-corrected chi connectivity index (χ3v) is 5.37. The van der Waals surface area contributed by atoms with Crippen LogP contribution >= 0.6 is 11.6 Å². The zero-order valence-electron chi connectivity index (χ0n) is 16.7. The summed E-state index contributed by atoms with van der Waals surface area (Å²) in [5, 5.41) is 4.92. The van der Waals surface area contributed by atoms with Crippen LogP contribution in [0.15, 0.2) is 54.7 Å². The van der Waals surface area contributed by atoms with Crippen molar-refractivity contribution in [3.05, 3.63) is 82.6 Å². The number of hydrogen-bond donors (Lipinski definition) is 0. The molecule has 1 fully saturated rings. The molecule has 0 saturated carbocycles. The van der Waals surface area contributed by atoms with Crippen molar-refractivity contribution < 1.29 is 18.3 Å². The summed E-state index contributed by atoms with van der Waals surface area (Å²) >= 11 is 5.85. The summed E-state index contributed by atoms with van der Waals surface area (Å²) in [5.41, 5.74) is 0.656. The van der Waals surface area contributed by atoms with E-state index in [0.29, 0.717) is 54.8 Å². The Morgan fingerprint density at radius 1 is 1.03 bits per heavy atom. The van der Waals surface area contributed by atoms with Crippen LogP contribution in [0.2, 0.25) is 5.02 Å². The van der Waals surface area contributed by atoms with E-state index < -0.39 is 11.6 Å². The van der Waals surface area contributed by atoms with Crippen LogP contribution in [0.4, 0.5) is 8.78 Å². The minimum absolute atomic E-state index is 0.165. The van der Waals surface area contributed by atoms with Gasteiger partial charge >= 0.3 is 0 Å². The van der Waals surface area contributed by atoms with Gasteiger partial charge in [0.05, 0.1) is 0 Å². The number of carbonyl (C=O) groups excluding carboxylic acids is 1. The second-order valence-electron chi connectivity index (χ2n) is 7.25. The minimum atomic E-state index is -0.845. The maximum Gasteiger partial charge on any atom is 0.274 e. The average Bonchev–Trinajstić information content (AvgIpc) is 3.26. The molecule has 0 spiro atoms. The maximum absolute atomic E-state index is 13.9. The minimum Gasteiger partial charge on any atom is -0.471 e. The van der Waals surface area contributed by atoms with Crippen LogP contribution in [0.1, 0.15) is 16.1 Å². The number of benzene rings is 2. The second kappa shape index (κ2) is 9.45. The summed E-state index contributed by atoms with van der Waals surface area (Å²) < 4.78 is 34.4. The van der Waals surface area contributed by atoms with Gasteiger partial charge < -0.3 is 9.64 Å². The summed E-state index contributed by atoms with van der Waals surface area (Å²) in [4.78, 5) is 16.5. The Kier molecular flexibility index (Phi) is 6.48. The number of piperazine rings is 1. The Morgan fingerprint density at radius 3 is 2.52 bits per heavy atom. The van der Waals surface area contributed by atoms with Crippen molar-refractivity contribution in [3.8, 4) is 5.75 Å². The number of ether oxygens (including phenoxy) is 1. The monoisotopic (exact) mass is 446 g/mol. The van der Waals surface area contributed by atoms with Crippen LogP contribution in [0, 0.1) is 11.6 Å². The smallest absolute Gasteiger partial charge is 0.274 e. The van der Waals surface area contributed by atoms with Crippen molar-refractivity contribution in [2.75, 3.05) is 26.2 Å². The fraction of sp³-hybridized carbons (Fsp3) is 0.273. The Bertz CT molecular complexity index is 1050. The molecule has 1 saturated heterocycles. The molecule has 2 heterocycles. The number of carbonyl (C=O) groups is 1. The van der Waals surface area contributed by atoms with Crippen molar-refractivity contribution in [2.45, 2.75) is 13.3 Å². The summed E-state index contributed by atoms with van der Waals surface area (Å²) in [6.45, 7) is 2.60. The topological polar surface area (TPSA) is 50.6 Å². The number of amides is 1. The molecule has 4 rings (SSSR count). The predicted molar refractivity (Wildman–Crippen MR) is 112 cm³/mol. The third-order valence-electron chi connectivity index (χ3n) is 5.12. The van der Waals surface area contributed by atoms with Crippen LogP contribution < -0.4 is 4.74 Å². The summed E-state index contributed by atoms with van der Waals surface area (Å²) in [5.74, 6) is -1.17. The Balaban J connectivity index is 1.28. The molecule has 0 bridgehead atoms. The van der Waals surface area contributed by atoms with Gasteiger partial charge in [0.1, 0.15) is 5.75 Å². The first-order chi connectivity index (χ1) is 15.0. The average molecular weight is 447 g/mol. The van der Waals surface area contributed by atoms with Crippen LogP contribution in [0.3, 0.4) is 0 Å². The van der Waals surface area contributed by atoms with Crippen molar-refractivity contribution in [2.24, 2.45) is 0 Å². The van der Waals surface area contributed by atoms with Gasteiger partial charge in [-0.05, 0) is 36.4 Å². The van der Waals surface area contributed by atoms with Gasteiger partial charge in [0, 0.05) is 49.5 Å². The molecule has 0 aliphatic carbocycles. The number of nitrogens with zero attached hydrogens (tertiary/aromatic N) is 4. The highest BCUT2D eigenvalue weighted by atomic mass is 35.5. The van der Waals surface area contributed by atoms with Gasteiger partial charge in [-0.3, -0.25) is 9.69 Å². The van der Waals surface area contributed by atoms with Crippen LogP contribution in [0.25, 0.3) is 0 Å². The molecule has 0 atom stereocenters. The number of rotatable bonds is 6. The van der Waals surface area contributed by atoms with E-state index in [2.05, 4.69) is 5.10 Å². The van der Waals surface area contributed by atoms with Crippen molar-refractivity contribution in [1.82, 2.24) is 19.6 Å². The molecule has 2 aromatic carbocycles. The summed E-state index contributed by atoms with van der Waals surface area (Å²) in [6, 6.07) is 12.8. The maximum atomic E-state index is 13.9. The van der Waals surface area contributed by atoms with E-state index in [-0.39, 0.29) is 12.6 Å². The van der Waals surface area contributed by atoms with Crippen molar-refractivity contribution >= 4 is 17.5 Å². The molecule has 1 amide bonds. The van der Waals surface area contributed by atoms with Gasteiger partial charge in [-0.2, -0.15) is 5.10 Å². The van der Waals surface area contributed by atoms with E-state index in [9.17, 15) is 13.6 Å². The Labute approximate surface area is 183 Å². The quantitative estimate of drug-likeness (QED) is 0.578. The van der Waals surface area contributed by atoms with Crippen LogP contribution in [-0.4, -0.2) is 51.7 Å². The first kappa shape index (κ1) is 21.3. The molecular weight excluding hydrogens is 426 g/mol. The molecule has 1 aliphatic rings. The molecule has 0 radical (unpaired) electrons. The lowest BCUT2D eigenvalue weighted by Gasteiger charge is -2.34. The third kappa shape index (κ3) is 5.21. The van der Waals surface area contributed by atoms with E-state index in [0.717, 1.165) is 6.07 Å². The first-order valence-electron chi connectivity index (χ1n) is 9.86. The van der Waals surface area contributed by atoms with Crippen molar-refractivity contribution in [3.63, 3.8) is 0 Å². The molecule has 9 heteroatoms. The molecule has 1 aliphatic heterocycles. The molecular formula is C22H21ClF2N4O2. The second-order valence-corrected chi connectivity index (χ2v) is 7.69. The summed E-state index contributed by atoms with van der Waals surface area (Å²) in [7, 11) is 0. The molecule has 31 heavy (non-hydrogen) atoms. The van der Waals surface area contributed by atoms with Gasteiger partial charge in [0.25, 0.3) is 5.91 Å². The zero-order valence-corrected chi connectivity index (χ0v) is 17.4. The largest absolute Gasteiger partial charge is 0.471 e. The molecule has 0 N–H and O–H groups in total. The SMILES string of the molecule is O=C(c1ccn(COc2ccc(Cl)cc2)n1)N1CCN(Cc2cccc(F)c2F)CC1. The molecule has 0 unspecified atom stereocenters.